The van der Waals surface area contributed by atoms with Gasteiger partial charge in [-0.15, -0.1) is 0 Å². The molecule has 0 aliphatic carbocycles. The van der Waals surface area contributed by atoms with E-state index in [1.54, 1.807) is 0 Å². The van der Waals surface area contributed by atoms with Crippen LogP contribution in [0.4, 0.5) is 8.78 Å². The molecule has 0 heterocycles. The Hall–Kier alpha value is -2.56. The molecule has 0 fully saturated rings. The van der Waals surface area contributed by atoms with E-state index in [1.165, 1.54) is 55.6 Å². The molecule has 0 amide bonds. The normalized spacial score (nSPS) is 11.8. The third-order valence-corrected chi connectivity index (χ3v) is 3.31. The lowest BCUT2D eigenvalue weighted by Gasteiger charge is -2.14. The van der Waals surface area contributed by atoms with Crippen molar-refractivity contribution in [2.45, 2.75) is 12.3 Å². The summed E-state index contributed by atoms with van der Waals surface area (Å²) in [6, 6.07) is 10.4. The predicted octanol–water partition coefficient (Wildman–Crippen LogP) is 3.49. The Bertz CT molecular complexity index is 663. The van der Waals surface area contributed by atoms with Crippen LogP contribution in [0.15, 0.2) is 48.5 Å². The van der Waals surface area contributed by atoms with E-state index in [-0.39, 0.29) is 12.2 Å². The van der Waals surface area contributed by atoms with E-state index in [0.29, 0.717) is 11.1 Å². The zero-order valence-corrected chi connectivity index (χ0v) is 11.9. The average molecular weight is 304 g/mol. The molecule has 0 bridgehead atoms. The van der Waals surface area contributed by atoms with Gasteiger partial charge in [0.25, 0.3) is 0 Å². The molecule has 0 spiro atoms. The molecule has 1 unspecified atom stereocenters. The highest BCUT2D eigenvalue weighted by atomic mass is 19.1. The van der Waals surface area contributed by atoms with Gasteiger partial charge in [-0.3, -0.25) is 9.59 Å². The number of benzene rings is 2. The minimum absolute atomic E-state index is 0.135. The zero-order chi connectivity index (χ0) is 16.1. The van der Waals surface area contributed by atoms with Crippen molar-refractivity contribution in [3.05, 3.63) is 71.3 Å². The summed E-state index contributed by atoms with van der Waals surface area (Å²) in [6.45, 7) is 0. The number of esters is 1. The lowest BCUT2D eigenvalue weighted by Crippen LogP contribution is -2.18. The van der Waals surface area contributed by atoms with E-state index in [0.717, 1.165) is 0 Å². The molecule has 1 atom stereocenters. The summed E-state index contributed by atoms with van der Waals surface area (Å²) in [7, 11) is 1.22. The highest BCUT2D eigenvalue weighted by Crippen LogP contribution is 2.24. The smallest absolute Gasteiger partial charge is 0.313 e. The highest BCUT2D eigenvalue weighted by Gasteiger charge is 2.25. The van der Waals surface area contributed by atoms with E-state index in [4.69, 9.17) is 4.74 Å². The molecule has 2 aromatic rings. The van der Waals surface area contributed by atoms with Crippen molar-refractivity contribution in [1.82, 2.24) is 0 Å². The number of halogens is 2. The van der Waals surface area contributed by atoms with Crippen molar-refractivity contribution in [3.8, 4) is 0 Å². The van der Waals surface area contributed by atoms with Crippen LogP contribution in [0.3, 0.4) is 0 Å². The van der Waals surface area contributed by atoms with Gasteiger partial charge in [0.15, 0.2) is 5.78 Å². The number of ether oxygens (including phenoxy) is 1. The quantitative estimate of drug-likeness (QED) is 0.627. The van der Waals surface area contributed by atoms with Gasteiger partial charge >= 0.3 is 5.97 Å². The largest absolute Gasteiger partial charge is 0.469 e. The molecule has 114 valence electrons. The van der Waals surface area contributed by atoms with Crippen molar-refractivity contribution in [2.24, 2.45) is 0 Å². The van der Waals surface area contributed by atoms with Gasteiger partial charge in [0.1, 0.15) is 11.6 Å². The fourth-order valence-corrected chi connectivity index (χ4v) is 2.11. The van der Waals surface area contributed by atoms with Gasteiger partial charge in [-0.05, 0) is 42.0 Å². The van der Waals surface area contributed by atoms with Gasteiger partial charge in [-0.25, -0.2) is 8.78 Å². The van der Waals surface area contributed by atoms with Crippen LogP contribution in [0.25, 0.3) is 0 Å². The van der Waals surface area contributed by atoms with E-state index in [1.807, 2.05) is 0 Å². The fourth-order valence-electron chi connectivity index (χ4n) is 2.11. The lowest BCUT2D eigenvalue weighted by molar-refractivity contribution is -0.142. The third-order valence-electron chi connectivity index (χ3n) is 3.31. The molecule has 2 rings (SSSR count). The molecular formula is C17H14F2O3. The summed E-state index contributed by atoms with van der Waals surface area (Å²) in [4.78, 5) is 24.1. The Morgan fingerprint density at radius 2 is 1.45 bits per heavy atom. The fraction of sp³-hybridized carbons (Fsp3) is 0.176. The molecule has 2 aromatic carbocycles. The molecule has 0 saturated carbocycles. The maximum Gasteiger partial charge on any atom is 0.313 e. The first-order chi connectivity index (χ1) is 10.5. The van der Waals surface area contributed by atoms with E-state index in [9.17, 15) is 18.4 Å². The second-order valence-corrected chi connectivity index (χ2v) is 4.76. The molecule has 0 aromatic heterocycles. The van der Waals surface area contributed by atoms with Gasteiger partial charge in [-0.1, -0.05) is 12.1 Å². The highest BCUT2D eigenvalue weighted by molar-refractivity contribution is 5.99. The van der Waals surface area contributed by atoms with Crippen LogP contribution in [0, 0.1) is 11.6 Å². The average Bonchev–Trinajstić information content (AvgIpc) is 2.53. The third kappa shape index (κ3) is 3.75. The number of hydrogen-bond donors (Lipinski definition) is 0. The van der Waals surface area contributed by atoms with E-state index in [2.05, 4.69) is 0 Å². The Balaban J connectivity index is 2.23. The topological polar surface area (TPSA) is 43.4 Å². The summed E-state index contributed by atoms with van der Waals surface area (Å²) < 4.78 is 30.6. The maximum absolute atomic E-state index is 13.0. The molecule has 0 aliphatic rings. The van der Waals surface area contributed by atoms with Crippen molar-refractivity contribution in [1.29, 1.82) is 0 Å². The van der Waals surface area contributed by atoms with Crippen LogP contribution in [-0.4, -0.2) is 18.9 Å². The molecule has 0 radical (unpaired) electrons. The van der Waals surface area contributed by atoms with Gasteiger partial charge in [0.05, 0.1) is 13.0 Å². The van der Waals surface area contributed by atoms with E-state index >= 15 is 0 Å². The first-order valence-corrected chi connectivity index (χ1v) is 6.63. The second-order valence-electron chi connectivity index (χ2n) is 4.76. The molecule has 3 nitrogen and oxygen atoms in total. The second kappa shape index (κ2) is 6.93. The van der Waals surface area contributed by atoms with Crippen LogP contribution in [0.2, 0.25) is 0 Å². The predicted molar refractivity (Wildman–Crippen MR) is 76.5 cm³/mol. The maximum atomic E-state index is 13.0. The standard InChI is InChI=1S/C17H14F2O3/c1-22-17(21)15(11-2-6-13(18)7-3-11)10-16(20)12-4-8-14(19)9-5-12/h2-9,15H,10H2,1H3. The Morgan fingerprint density at radius 3 is 1.95 bits per heavy atom. The molecular weight excluding hydrogens is 290 g/mol. The number of carbonyl (C=O) groups excluding carboxylic acids is 2. The molecule has 5 heteroatoms. The lowest BCUT2D eigenvalue weighted by atomic mass is 9.91. The SMILES string of the molecule is COC(=O)C(CC(=O)c1ccc(F)cc1)c1ccc(F)cc1. The summed E-state index contributed by atoms with van der Waals surface area (Å²) in [5.74, 6) is -2.61. The minimum atomic E-state index is -0.830. The molecule has 0 aliphatic heterocycles. The Kier molecular flexibility index (Phi) is 4.99. The van der Waals surface area contributed by atoms with Crippen molar-refractivity contribution >= 4 is 11.8 Å². The molecule has 0 N–H and O–H groups in total. The van der Waals surface area contributed by atoms with Gasteiger partial charge in [0.2, 0.25) is 0 Å². The van der Waals surface area contributed by atoms with Gasteiger partial charge < -0.3 is 4.74 Å². The van der Waals surface area contributed by atoms with Gasteiger partial charge in [-0.2, -0.15) is 0 Å². The van der Waals surface area contributed by atoms with Crippen molar-refractivity contribution in [2.75, 3.05) is 7.11 Å². The zero-order valence-electron chi connectivity index (χ0n) is 11.9. The first-order valence-electron chi connectivity index (χ1n) is 6.63. The van der Waals surface area contributed by atoms with Crippen LogP contribution in [0.5, 0.6) is 0 Å². The summed E-state index contributed by atoms with van der Waals surface area (Å²) in [6.07, 6.45) is -0.135. The summed E-state index contributed by atoms with van der Waals surface area (Å²) in [5.41, 5.74) is 0.793. The minimum Gasteiger partial charge on any atom is -0.469 e. The summed E-state index contributed by atoms with van der Waals surface area (Å²) >= 11 is 0. The van der Waals surface area contributed by atoms with Crippen LogP contribution < -0.4 is 0 Å². The number of rotatable bonds is 5. The van der Waals surface area contributed by atoms with Gasteiger partial charge in [0, 0.05) is 12.0 Å². The monoisotopic (exact) mass is 304 g/mol. The Morgan fingerprint density at radius 1 is 0.955 bits per heavy atom. The molecule has 0 saturated heterocycles. The first kappa shape index (κ1) is 15.8. The van der Waals surface area contributed by atoms with Crippen molar-refractivity contribution in [3.63, 3.8) is 0 Å². The number of methoxy groups -OCH3 is 1. The number of hydrogen-bond acceptors (Lipinski definition) is 3. The number of carbonyl (C=O) groups is 2. The van der Waals surface area contributed by atoms with Crippen LogP contribution >= 0.6 is 0 Å². The number of ketones is 1. The van der Waals surface area contributed by atoms with E-state index < -0.39 is 23.5 Å². The van der Waals surface area contributed by atoms with Crippen LogP contribution in [0.1, 0.15) is 28.3 Å². The van der Waals surface area contributed by atoms with Crippen LogP contribution in [-0.2, 0) is 9.53 Å². The molecule has 22 heavy (non-hydrogen) atoms. The van der Waals surface area contributed by atoms with Crippen molar-refractivity contribution < 1.29 is 23.1 Å². The Labute approximate surface area is 126 Å². The summed E-state index contributed by atoms with van der Waals surface area (Å²) in [5, 5.41) is 0. The number of Topliss-reactive ketones (excluding diaryl/α,β-unsaturated/α-hetero) is 1.